The summed E-state index contributed by atoms with van der Waals surface area (Å²) in [4.78, 5) is 22.7. The van der Waals surface area contributed by atoms with Crippen LogP contribution in [0.2, 0.25) is 0 Å². The van der Waals surface area contributed by atoms with Gasteiger partial charge < -0.3 is 4.74 Å². The predicted octanol–water partition coefficient (Wildman–Crippen LogP) is 2.32. The van der Waals surface area contributed by atoms with Crippen molar-refractivity contribution in [1.82, 2.24) is 5.32 Å². The number of thioether (sulfide) groups is 1. The number of nitrogens with one attached hydrogen (secondary N) is 1. The van der Waals surface area contributed by atoms with Crippen molar-refractivity contribution in [3.05, 3.63) is 46.4 Å². The van der Waals surface area contributed by atoms with Gasteiger partial charge in [0.05, 0.1) is 23.8 Å². The Bertz CT molecular complexity index is 740. The Morgan fingerprint density at radius 1 is 1.29 bits per heavy atom. The van der Waals surface area contributed by atoms with Crippen molar-refractivity contribution in [2.45, 2.75) is 6.18 Å². The Kier molecular flexibility index (Phi) is 5.39. The Balaban J connectivity index is 2.03. The minimum absolute atomic E-state index is 0.102. The number of rotatable bonds is 3. The Morgan fingerprint density at radius 2 is 1.96 bits per heavy atom. The van der Waals surface area contributed by atoms with Gasteiger partial charge in [0.15, 0.2) is 5.17 Å². The molecular formula is C14H10F3N3O3S. The zero-order valence-electron chi connectivity index (χ0n) is 12.1. The summed E-state index contributed by atoms with van der Waals surface area (Å²) in [5.41, 5.74) is -0.353. The Morgan fingerprint density at radius 3 is 2.54 bits per heavy atom. The molecule has 0 saturated carbocycles. The molecule has 1 N–H and O–H groups in total. The highest BCUT2D eigenvalue weighted by atomic mass is 32.2. The summed E-state index contributed by atoms with van der Waals surface area (Å²) in [6.07, 6.45) is -2.15. The van der Waals surface area contributed by atoms with Gasteiger partial charge in [0.25, 0.3) is 5.91 Å². The molecule has 1 aliphatic heterocycles. The van der Waals surface area contributed by atoms with Gasteiger partial charge in [-0.15, -0.1) is 5.10 Å². The quantitative estimate of drug-likeness (QED) is 0.390. The molecule has 1 heterocycles. The summed E-state index contributed by atoms with van der Waals surface area (Å²) in [6.45, 7) is 0. The van der Waals surface area contributed by atoms with Crippen LogP contribution < -0.4 is 5.32 Å². The normalized spacial score (nSPS) is 18.4. The highest BCUT2D eigenvalue weighted by molar-refractivity contribution is 8.18. The lowest BCUT2D eigenvalue weighted by atomic mass is 10.1. The van der Waals surface area contributed by atoms with Gasteiger partial charge in [-0.1, -0.05) is 12.1 Å². The van der Waals surface area contributed by atoms with Crippen LogP contribution in [0.25, 0.3) is 0 Å². The molecule has 24 heavy (non-hydrogen) atoms. The van der Waals surface area contributed by atoms with E-state index in [0.29, 0.717) is 5.56 Å². The van der Waals surface area contributed by atoms with E-state index in [2.05, 4.69) is 20.3 Å². The SMILES string of the molecule is COC(=O)/C=C1/S/C(=N\N=Cc2ccc(C(F)(F)F)cc2)NC1=O. The zero-order chi connectivity index (χ0) is 17.7. The monoisotopic (exact) mass is 357 g/mol. The molecule has 1 amide bonds. The predicted molar refractivity (Wildman–Crippen MR) is 82.3 cm³/mol. The number of esters is 1. The molecule has 0 aromatic heterocycles. The number of amidine groups is 1. The largest absolute Gasteiger partial charge is 0.466 e. The van der Waals surface area contributed by atoms with Crippen LogP contribution in [-0.4, -0.2) is 30.4 Å². The Hall–Kier alpha value is -2.62. The molecule has 126 valence electrons. The van der Waals surface area contributed by atoms with Crippen molar-refractivity contribution >= 4 is 35.0 Å². The second-order valence-corrected chi connectivity index (χ2v) is 5.39. The molecule has 1 aliphatic rings. The third-order valence-corrected chi connectivity index (χ3v) is 3.59. The number of carbonyl (C=O) groups is 2. The number of benzene rings is 1. The van der Waals surface area contributed by atoms with Crippen LogP contribution in [-0.2, 0) is 20.5 Å². The van der Waals surface area contributed by atoms with Crippen LogP contribution in [0.15, 0.2) is 45.4 Å². The minimum Gasteiger partial charge on any atom is -0.466 e. The smallest absolute Gasteiger partial charge is 0.416 e. The van der Waals surface area contributed by atoms with Gasteiger partial charge in [-0.05, 0) is 29.5 Å². The van der Waals surface area contributed by atoms with Gasteiger partial charge in [-0.3, -0.25) is 10.1 Å². The summed E-state index contributed by atoms with van der Waals surface area (Å²) in [6, 6.07) is 4.35. The fourth-order valence-corrected chi connectivity index (χ4v) is 2.29. The lowest BCUT2D eigenvalue weighted by Crippen LogP contribution is -2.19. The number of halogens is 3. The first-order valence-corrected chi connectivity index (χ1v) is 7.18. The van der Waals surface area contributed by atoms with Crippen molar-refractivity contribution < 1.29 is 27.5 Å². The third kappa shape index (κ3) is 4.69. The topological polar surface area (TPSA) is 80.1 Å². The highest BCUT2D eigenvalue weighted by Crippen LogP contribution is 2.29. The third-order valence-electron chi connectivity index (χ3n) is 2.69. The molecule has 1 aromatic carbocycles. The summed E-state index contributed by atoms with van der Waals surface area (Å²) in [5.74, 6) is -1.20. The number of alkyl halides is 3. The van der Waals surface area contributed by atoms with E-state index >= 15 is 0 Å². The van der Waals surface area contributed by atoms with Crippen LogP contribution in [0.3, 0.4) is 0 Å². The van der Waals surface area contributed by atoms with E-state index in [1.54, 1.807) is 0 Å². The second-order valence-electron chi connectivity index (χ2n) is 4.36. The van der Waals surface area contributed by atoms with E-state index in [1.165, 1.54) is 25.5 Å². The number of methoxy groups -OCH3 is 1. The van der Waals surface area contributed by atoms with Crippen LogP contribution in [0.1, 0.15) is 11.1 Å². The first-order chi connectivity index (χ1) is 11.3. The summed E-state index contributed by atoms with van der Waals surface area (Å²) in [7, 11) is 1.18. The second kappa shape index (κ2) is 7.30. The van der Waals surface area contributed by atoms with Crippen LogP contribution >= 0.6 is 11.8 Å². The minimum atomic E-state index is -4.40. The molecule has 6 nitrogen and oxygen atoms in total. The first-order valence-electron chi connectivity index (χ1n) is 6.37. The van der Waals surface area contributed by atoms with Crippen molar-refractivity contribution in [3.63, 3.8) is 0 Å². The molecule has 0 aliphatic carbocycles. The molecule has 0 bridgehead atoms. The van der Waals surface area contributed by atoms with E-state index in [0.717, 1.165) is 30.0 Å². The molecule has 0 radical (unpaired) electrons. The van der Waals surface area contributed by atoms with Crippen molar-refractivity contribution in [3.8, 4) is 0 Å². The average Bonchev–Trinajstić information content (AvgIpc) is 2.86. The first kappa shape index (κ1) is 17.7. The fourth-order valence-electron chi connectivity index (χ4n) is 1.55. The summed E-state index contributed by atoms with van der Waals surface area (Å²) >= 11 is 0.891. The molecule has 0 atom stereocenters. The number of amides is 1. The lowest BCUT2D eigenvalue weighted by molar-refractivity contribution is -0.137. The molecule has 0 spiro atoms. The number of hydrogen-bond acceptors (Lipinski definition) is 6. The van der Waals surface area contributed by atoms with Gasteiger partial charge in [0.2, 0.25) is 0 Å². The number of nitrogens with zero attached hydrogens (tertiary/aromatic N) is 2. The molecular weight excluding hydrogens is 347 g/mol. The van der Waals surface area contributed by atoms with Crippen LogP contribution in [0.4, 0.5) is 13.2 Å². The van der Waals surface area contributed by atoms with E-state index < -0.39 is 23.6 Å². The van der Waals surface area contributed by atoms with Crippen LogP contribution in [0.5, 0.6) is 0 Å². The van der Waals surface area contributed by atoms with Crippen molar-refractivity contribution in [2.24, 2.45) is 10.2 Å². The molecule has 2 rings (SSSR count). The molecule has 10 heteroatoms. The molecule has 1 saturated heterocycles. The fraction of sp³-hybridized carbons (Fsp3) is 0.143. The average molecular weight is 357 g/mol. The Labute approximate surface area is 138 Å². The highest BCUT2D eigenvalue weighted by Gasteiger charge is 2.29. The van der Waals surface area contributed by atoms with Gasteiger partial charge in [0, 0.05) is 6.08 Å². The van der Waals surface area contributed by atoms with E-state index in [-0.39, 0.29) is 10.1 Å². The maximum absolute atomic E-state index is 12.4. The van der Waals surface area contributed by atoms with Gasteiger partial charge in [-0.2, -0.15) is 18.3 Å². The number of carbonyl (C=O) groups excluding carboxylic acids is 2. The van der Waals surface area contributed by atoms with Crippen molar-refractivity contribution in [2.75, 3.05) is 7.11 Å². The number of ether oxygens (including phenoxy) is 1. The van der Waals surface area contributed by atoms with E-state index in [9.17, 15) is 22.8 Å². The summed E-state index contributed by atoms with van der Waals surface area (Å²) in [5, 5.41) is 9.93. The lowest BCUT2D eigenvalue weighted by Gasteiger charge is -2.05. The van der Waals surface area contributed by atoms with Gasteiger partial charge >= 0.3 is 12.1 Å². The zero-order valence-corrected chi connectivity index (χ0v) is 12.9. The molecule has 1 aromatic rings. The molecule has 1 fully saturated rings. The van der Waals surface area contributed by atoms with Gasteiger partial charge in [0.1, 0.15) is 0 Å². The standard InChI is InChI=1S/C14H10F3N3O3S/c1-23-11(21)6-10-12(22)19-13(24-10)20-18-7-8-2-4-9(5-3-8)14(15,16)17/h2-7H,1H3,(H,19,20,22)/b10-6+,18-7?. The molecule has 0 unspecified atom stereocenters. The maximum atomic E-state index is 12.4. The van der Waals surface area contributed by atoms with E-state index in [4.69, 9.17) is 0 Å². The summed E-state index contributed by atoms with van der Waals surface area (Å²) < 4.78 is 41.7. The number of hydrogen-bond donors (Lipinski definition) is 1. The van der Waals surface area contributed by atoms with E-state index in [1.807, 2.05) is 0 Å². The van der Waals surface area contributed by atoms with Crippen LogP contribution in [0, 0.1) is 0 Å². The maximum Gasteiger partial charge on any atom is 0.416 e. The van der Waals surface area contributed by atoms with Gasteiger partial charge in [-0.25, -0.2) is 4.79 Å². The van der Waals surface area contributed by atoms with Crippen molar-refractivity contribution in [1.29, 1.82) is 0 Å².